The molecule has 9 atom stereocenters. The van der Waals surface area contributed by atoms with Gasteiger partial charge in [-0.2, -0.15) is 11.8 Å². The molecular formula is C46H64N6O6S2. The van der Waals surface area contributed by atoms with Gasteiger partial charge in [0.15, 0.2) is 5.78 Å². The van der Waals surface area contributed by atoms with E-state index in [0.717, 1.165) is 41.7 Å². The van der Waals surface area contributed by atoms with Crippen LogP contribution in [0.15, 0.2) is 48.5 Å². The fourth-order valence-electron chi connectivity index (χ4n) is 9.57. The normalized spacial score (nSPS) is 28.1. The number of amides is 4. The molecule has 0 spiro atoms. The Bertz CT molecular complexity index is 1780. The van der Waals surface area contributed by atoms with Crippen LogP contribution in [-0.4, -0.2) is 107 Å². The average Bonchev–Trinajstić information content (AvgIpc) is 3.53. The van der Waals surface area contributed by atoms with Gasteiger partial charge in [-0.25, -0.2) is 0 Å². The number of Topliss-reactive ketones (excluding diaryl/α,β-unsaturated/α-hetero) is 2. The molecule has 4 amide bonds. The van der Waals surface area contributed by atoms with Crippen molar-refractivity contribution in [3.05, 3.63) is 65.2 Å². The molecule has 1 saturated carbocycles. The number of aryl methyl sites for hydroxylation is 2. The first-order valence-corrected chi connectivity index (χ1v) is 23.6. The summed E-state index contributed by atoms with van der Waals surface area (Å²) >= 11 is 3.44. The van der Waals surface area contributed by atoms with E-state index < -0.39 is 47.5 Å². The Morgan fingerprint density at radius 3 is 1.87 bits per heavy atom. The summed E-state index contributed by atoms with van der Waals surface area (Å²) in [5, 5.41) is 14.7. The molecule has 12 nitrogen and oxygen atoms in total. The van der Waals surface area contributed by atoms with Gasteiger partial charge in [0.25, 0.3) is 0 Å². The third-order valence-electron chi connectivity index (χ3n) is 13.2. The fourth-order valence-corrected chi connectivity index (χ4v) is 12.9. The lowest BCUT2D eigenvalue weighted by molar-refractivity contribution is -0.142. The van der Waals surface area contributed by atoms with E-state index in [1.807, 2.05) is 50.2 Å². The van der Waals surface area contributed by atoms with E-state index in [1.165, 1.54) is 0 Å². The lowest BCUT2D eigenvalue weighted by Crippen LogP contribution is -2.57. The number of ketones is 2. The molecule has 326 valence electrons. The summed E-state index contributed by atoms with van der Waals surface area (Å²) in [7, 11) is 3.42. The highest BCUT2D eigenvalue weighted by Crippen LogP contribution is 2.53. The van der Waals surface area contributed by atoms with Gasteiger partial charge in [0.1, 0.15) is 17.9 Å². The van der Waals surface area contributed by atoms with Gasteiger partial charge in [-0.05, 0) is 118 Å². The molecule has 0 bridgehead atoms. The largest absolute Gasteiger partial charge is 0.345 e. The van der Waals surface area contributed by atoms with Crippen molar-refractivity contribution in [2.24, 2.45) is 22.7 Å². The Hall–Kier alpha value is -3.72. The maximum absolute atomic E-state index is 14.1. The summed E-state index contributed by atoms with van der Waals surface area (Å²) in [5.74, 6) is -0.152. The molecule has 6 rings (SSSR count). The second kappa shape index (κ2) is 19.1. The predicted octanol–water partition coefficient (Wildman–Crippen LogP) is 4.53. The van der Waals surface area contributed by atoms with Crippen molar-refractivity contribution < 1.29 is 28.8 Å². The molecule has 0 aromatic heterocycles. The molecule has 5 N–H and O–H groups in total. The first-order chi connectivity index (χ1) is 28.4. The summed E-state index contributed by atoms with van der Waals surface area (Å²) in [4.78, 5) is 83.0. The van der Waals surface area contributed by atoms with Crippen molar-refractivity contribution >= 4 is 64.4 Å². The van der Waals surface area contributed by atoms with Crippen LogP contribution in [0, 0.1) is 22.7 Å². The average molecular weight is 861 g/mol. The third-order valence-corrected chi connectivity index (χ3v) is 15.9. The van der Waals surface area contributed by atoms with E-state index in [9.17, 15) is 28.8 Å². The Morgan fingerprint density at radius 2 is 1.27 bits per heavy atom. The van der Waals surface area contributed by atoms with Crippen LogP contribution >= 0.6 is 23.5 Å². The van der Waals surface area contributed by atoms with Gasteiger partial charge < -0.3 is 31.5 Å². The van der Waals surface area contributed by atoms with Crippen LogP contribution in [0.25, 0.3) is 0 Å². The number of rotatable bonds is 14. The van der Waals surface area contributed by atoms with E-state index in [4.69, 9.17) is 0 Å². The summed E-state index contributed by atoms with van der Waals surface area (Å²) in [6, 6.07) is 13.2. The zero-order valence-corrected chi connectivity index (χ0v) is 38.0. The lowest BCUT2D eigenvalue weighted by atomic mass is 9.72. The van der Waals surface area contributed by atoms with Gasteiger partial charge >= 0.3 is 0 Å². The van der Waals surface area contributed by atoms with Crippen LogP contribution in [0.4, 0.5) is 5.69 Å². The number of hydrogen-bond donors (Lipinski definition) is 5. The van der Waals surface area contributed by atoms with Crippen LogP contribution < -0.4 is 26.6 Å². The van der Waals surface area contributed by atoms with E-state index in [1.54, 1.807) is 56.4 Å². The molecule has 60 heavy (non-hydrogen) atoms. The number of likely N-dealkylation sites (N-methyl/N-ethyl adjacent to an activating group) is 2. The lowest BCUT2D eigenvalue weighted by Gasteiger charge is -2.34. The zero-order chi connectivity index (χ0) is 43.5. The molecule has 0 radical (unpaired) electrons. The maximum atomic E-state index is 14.1. The smallest absolute Gasteiger partial charge is 0.247 e. The molecule has 2 aromatic carbocycles. The third kappa shape index (κ3) is 10.1. The molecule has 3 aliphatic heterocycles. The second-order valence-corrected chi connectivity index (χ2v) is 21.2. The Balaban J connectivity index is 1.04. The number of hydrogen-bond acceptors (Lipinski definition) is 10. The number of anilines is 1. The van der Waals surface area contributed by atoms with Crippen molar-refractivity contribution in [3.63, 3.8) is 0 Å². The van der Waals surface area contributed by atoms with Crippen molar-refractivity contribution in [1.29, 1.82) is 0 Å². The quantitative estimate of drug-likeness (QED) is 0.182. The van der Waals surface area contributed by atoms with Gasteiger partial charge in [0.05, 0.1) is 23.5 Å². The van der Waals surface area contributed by atoms with E-state index in [2.05, 4.69) is 52.6 Å². The Labute approximate surface area is 364 Å². The van der Waals surface area contributed by atoms with Crippen LogP contribution in [0.2, 0.25) is 0 Å². The van der Waals surface area contributed by atoms with E-state index in [-0.39, 0.29) is 57.7 Å². The number of fused-ring (bicyclic) bond motifs is 2. The minimum Gasteiger partial charge on any atom is -0.345 e. The SMILES string of the molecule is CN[C@@H](C)C(=O)N[C@H]1CCS[C@H]2CC(C)(C)[C@@H](C(=O)Cc3ccc(CCc4ccc(NC(=O)C5N6C(=O)[C@@H](NC(=O)[C@H](C)NC)CCS[C@H]6CC5(C)C)cc4)cc3)C2C1=O. The standard InChI is InChI=1S/C46H64N6O6S2/c1-26(47-7)41(55)50-32-19-21-59-35-24-45(3,4)38(37(35)39(32)54)34(53)23-30-13-11-28(12-14-30)9-10-29-15-17-31(18-16-29)49-43(57)40-46(5,6)25-36-52(40)44(58)33(20-22-60-36)51-42(56)27(2)48-8/h11-18,26-27,32-33,35-38,40,47-48H,9-10,19-25H2,1-8H3,(H,49,57)(H,50,55)(H,51,56)/t26-,27-,32-,33-,35-,36-,37?,38-,40?/m0/s1. The van der Waals surface area contributed by atoms with E-state index >= 15 is 0 Å². The number of thioether (sulfide) groups is 2. The zero-order valence-electron chi connectivity index (χ0n) is 36.4. The van der Waals surface area contributed by atoms with Crippen LogP contribution in [-0.2, 0) is 48.0 Å². The van der Waals surface area contributed by atoms with Gasteiger partial charge in [0, 0.05) is 29.2 Å². The second-order valence-electron chi connectivity index (χ2n) is 18.5. The summed E-state index contributed by atoms with van der Waals surface area (Å²) in [6.07, 6.45) is 4.40. The number of benzene rings is 2. The molecular weight excluding hydrogens is 797 g/mol. The first-order valence-electron chi connectivity index (χ1n) is 21.5. The summed E-state index contributed by atoms with van der Waals surface area (Å²) in [5.41, 5.74) is 3.05. The molecule has 2 aromatic rings. The molecule has 14 heteroatoms. The summed E-state index contributed by atoms with van der Waals surface area (Å²) in [6.45, 7) is 11.8. The van der Waals surface area contributed by atoms with Crippen molar-refractivity contribution in [3.8, 4) is 0 Å². The number of carbonyl (C=O) groups is 6. The monoisotopic (exact) mass is 860 g/mol. The highest BCUT2D eigenvalue weighted by atomic mass is 32.2. The highest BCUT2D eigenvalue weighted by Gasteiger charge is 2.57. The molecule has 4 aliphatic rings. The molecule has 3 saturated heterocycles. The number of nitrogens with zero attached hydrogens (tertiary/aromatic N) is 1. The fraction of sp³-hybridized carbons (Fsp3) is 0.609. The van der Waals surface area contributed by atoms with Crippen LogP contribution in [0.1, 0.15) is 83.9 Å². The molecule has 4 fully saturated rings. The van der Waals surface area contributed by atoms with Gasteiger partial charge in [-0.1, -0.05) is 64.1 Å². The van der Waals surface area contributed by atoms with Crippen molar-refractivity contribution in [1.82, 2.24) is 26.2 Å². The summed E-state index contributed by atoms with van der Waals surface area (Å²) < 4.78 is 0. The van der Waals surface area contributed by atoms with Gasteiger partial charge in [-0.15, -0.1) is 11.8 Å². The van der Waals surface area contributed by atoms with Gasteiger partial charge in [-0.3, -0.25) is 28.8 Å². The highest BCUT2D eigenvalue weighted by molar-refractivity contribution is 8.00. The number of nitrogens with one attached hydrogen (secondary N) is 5. The number of carbonyl (C=O) groups excluding carboxylic acids is 6. The van der Waals surface area contributed by atoms with E-state index in [0.29, 0.717) is 30.7 Å². The Morgan fingerprint density at radius 1 is 0.733 bits per heavy atom. The van der Waals surface area contributed by atoms with Gasteiger partial charge in [0.2, 0.25) is 23.6 Å². The predicted molar refractivity (Wildman–Crippen MR) is 240 cm³/mol. The topological polar surface area (TPSA) is 166 Å². The molecule has 2 unspecified atom stereocenters. The van der Waals surface area contributed by atoms with Crippen LogP contribution in [0.3, 0.4) is 0 Å². The van der Waals surface area contributed by atoms with Crippen molar-refractivity contribution in [2.75, 3.05) is 30.9 Å². The minimum atomic E-state index is -0.682. The first kappa shape index (κ1) is 45.8. The van der Waals surface area contributed by atoms with Crippen LogP contribution in [0.5, 0.6) is 0 Å². The minimum absolute atomic E-state index is 0.00707. The molecule has 1 aliphatic carbocycles. The molecule has 3 heterocycles. The Kier molecular flexibility index (Phi) is 14.6. The maximum Gasteiger partial charge on any atom is 0.247 e. The van der Waals surface area contributed by atoms with Crippen molar-refractivity contribution in [2.45, 2.75) is 127 Å².